The van der Waals surface area contributed by atoms with Crippen LogP contribution in [0.3, 0.4) is 0 Å². The molecule has 21 heavy (non-hydrogen) atoms. The molecule has 2 nitrogen and oxygen atoms in total. The number of hydrogen-bond donors (Lipinski definition) is 1. The third-order valence-electron chi connectivity index (χ3n) is 2.75. The zero-order valence-corrected chi connectivity index (χ0v) is 10.4. The molecule has 7 heteroatoms. The van der Waals surface area contributed by atoms with Gasteiger partial charge in [0.25, 0.3) is 0 Å². The van der Waals surface area contributed by atoms with E-state index in [4.69, 9.17) is 0 Å². The Bertz CT molecular complexity index is 647. The first-order valence-corrected chi connectivity index (χ1v) is 5.77. The van der Waals surface area contributed by atoms with Gasteiger partial charge in [-0.05, 0) is 29.8 Å². The molecule has 0 aliphatic heterocycles. The van der Waals surface area contributed by atoms with Crippen LogP contribution in [0.15, 0.2) is 47.8 Å². The number of benzene rings is 1. The minimum Gasteiger partial charge on any atom is -0.505 e. The van der Waals surface area contributed by atoms with Crippen molar-refractivity contribution in [3.05, 3.63) is 59.1 Å². The predicted octanol–water partition coefficient (Wildman–Crippen LogP) is 4.81. The van der Waals surface area contributed by atoms with Crippen molar-refractivity contribution in [1.82, 2.24) is 0 Å². The lowest BCUT2D eigenvalue weighted by Crippen LogP contribution is -2.03. The Kier molecular flexibility index (Phi) is 4.30. The van der Waals surface area contributed by atoms with Crippen molar-refractivity contribution >= 4 is 5.57 Å². The first-order chi connectivity index (χ1) is 9.88. The monoisotopic (exact) mass is 304 g/mol. The number of alkyl halides is 2. The topological polar surface area (TPSA) is 29.5 Å². The second kappa shape index (κ2) is 5.99. The summed E-state index contributed by atoms with van der Waals surface area (Å²) in [6.07, 6.45) is 1.23. The Morgan fingerprint density at radius 2 is 1.76 bits per heavy atom. The highest BCUT2D eigenvalue weighted by molar-refractivity contribution is 5.77. The molecule has 0 aromatic heterocycles. The van der Waals surface area contributed by atoms with Crippen LogP contribution in [0, 0.1) is 5.82 Å². The maximum absolute atomic E-state index is 13.8. The van der Waals surface area contributed by atoms with Crippen LogP contribution in [0.5, 0.6) is 5.75 Å². The molecule has 0 amide bonds. The second-order valence-electron chi connectivity index (χ2n) is 4.14. The molecule has 0 atom stereocenters. The van der Waals surface area contributed by atoms with E-state index in [-0.39, 0.29) is 11.1 Å². The number of allylic oxidation sites excluding steroid dienone is 5. The zero-order valence-electron chi connectivity index (χ0n) is 10.4. The Balaban J connectivity index is 2.37. The van der Waals surface area contributed by atoms with E-state index in [0.29, 0.717) is 0 Å². The van der Waals surface area contributed by atoms with E-state index in [1.165, 1.54) is 0 Å². The number of rotatable bonds is 3. The molecular weight excluding hydrogens is 295 g/mol. The highest BCUT2D eigenvalue weighted by atomic mass is 19.3. The number of aliphatic hydroxyl groups is 1. The average molecular weight is 304 g/mol. The van der Waals surface area contributed by atoms with Crippen molar-refractivity contribution in [3.8, 4) is 5.75 Å². The van der Waals surface area contributed by atoms with Crippen molar-refractivity contribution in [1.29, 1.82) is 0 Å². The van der Waals surface area contributed by atoms with Crippen molar-refractivity contribution in [3.63, 3.8) is 0 Å². The molecule has 112 valence electrons. The first kappa shape index (κ1) is 15.1. The number of hydrogen-bond acceptors (Lipinski definition) is 2. The van der Waals surface area contributed by atoms with E-state index in [2.05, 4.69) is 4.74 Å². The van der Waals surface area contributed by atoms with Crippen LogP contribution >= 0.6 is 0 Å². The third kappa shape index (κ3) is 3.42. The number of aliphatic hydroxyl groups excluding tert-OH is 1. The van der Waals surface area contributed by atoms with Gasteiger partial charge >= 0.3 is 6.61 Å². The Morgan fingerprint density at radius 1 is 1.05 bits per heavy atom. The van der Waals surface area contributed by atoms with Gasteiger partial charge in [0.15, 0.2) is 11.6 Å². The fourth-order valence-corrected chi connectivity index (χ4v) is 1.78. The van der Waals surface area contributed by atoms with Crippen molar-refractivity contribution in [2.24, 2.45) is 0 Å². The standard InChI is InChI=1S/C14H9F5O2/c15-9-6-10(16)12(20)3-2-8(9)7-1-4-13(11(17)5-7)21-14(18)19/h1-5,14,20H,6H2. The summed E-state index contributed by atoms with van der Waals surface area (Å²) >= 11 is 0. The summed E-state index contributed by atoms with van der Waals surface area (Å²) in [6.45, 7) is -3.19. The molecule has 0 saturated carbocycles. The van der Waals surface area contributed by atoms with Crippen molar-refractivity contribution < 1.29 is 31.8 Å². The lowest BCUT2D eigenvalue weighted by atomic mass is 10.0. The van der Waals surface area contributed by atoms with Crippen LogP contribution in [0.4, 0.5) is 22.0 Å². The van der Waals surface area contributed by atoms with Gasteiger partial charge in [0.2, 0.25) is 0 Å². The molecule has 1 N–H and O–H groups in total. The molecule has 1 aromatic carbocycles. The Hall–Kier alpha value is -2.31. The molecule has 1 aliphatic rings. The summed E-state index contributed by atoms with van der Waals surface area (Å²) in [5.41, 5.74) is -0.151. The van der Waals surface area contributed by atoms with E-state index in [1.54, 1.807) is 0 Å². The molecular formula is C14H9F5O2. The fourth-order valence-electron chi connectivity index (χ4n) is 1.78. The Morgan fingerprint density at radius 3 is 2.38 bits per heavy atom. The molecule has 0 spiro atoms. The summed E-state index contributed by atoms with van der Waals surface area (Å²) in [6, 6.07) is 2.86. The molecule has 1 aliphatic carbocycles. The summed E-state index contributed by atoms with van der Waals surface area (Å²) < 4.78 is 68.6. The van der Waals surface area contributed by atoms with E-state index < -0.39 is 42.0 Å². The average Bonchev–Trinajstić information content (AvgIpc) is 2.52. The van der Waals surface area contributed by atoms with Crippen LogP contribution in [0.2, 0.25) is 0 Å². The van der Waals surface area contributed by atoms with Gasteiger partial charge in [0.05, 0.1) is 6.42 Å². The highest BCUT2D eigenvalue weighted by Gasteiger charge is 2.17. The van der Waals surface area contributed by atoms with E-state index >= 15 is 0 Å². The van der Waals surface area contributed by atoms with E-state index in [0.717, 1.165) is 30.4 Å². The fraction of sp³-hybridized carbons (Fsp3) is 0.143. The van der Waals surface area contributed by atoms with Gasteiger partial charge < -0.3 is 9.84 Å². The minimum atomic E-state index is -3.19. The van der Waals surface area contributed by atoms with Gasteiger partial charge in [-0.25, -0.2) is 13.2 Å². The molecule has 0 fully saturated rings. The first-order valence-electron chi connectivity index (χ1n) is 5.77. The summed E-state index contributed by atoms with van der Waals surface area (Å²) in [5.74, 6) is -4.49. The van der Waals surface area contributed by atoms with Crippen LogP contribution in [-0.4, -0.2) is 11.7 Å². The SMILES string of the molecule is OC1=C(F)CC(F)=C(c2ccc(OC(F)F)c(F)c2)C=C1. The van der Waals surface area contributed by atoms with Crippen molar-refractivity contribution in [2.75, 3.05) is 0 Å². The molecule has 1 aromatic rings. The highest BCUT2D eigenvalue weighted by Crippen LogP contribution is 2.32. The normalized spacial score (nSPS) is 15.7. The third-order valence-corrected chi connectivity index (χ3v) is 2.75. The van der Waals surface area contributed by atoms with E-state index in [9.17, 15) is 27.1 Å². The molecule has 0 radical (unpaired) electrons. The molecule has 0 heterocycles. The van der Waals surface area contributed by atoms with Gasteiger partial charge in [0.1, 0.15) is 17.4 Å². The molecule has 0 saturated heterocycles. The molecule has 0 unspecified atom stereocenters. The summed E-state index contributed by atoms with van der Waals surface area (Å²) in [4.78, 5) is 0. The van der Waals surface area contributed by atoms with Gasteiger partial charge in [-0.15, -0.1) is 0 Å². The van der Waals surface area contributed by atoms with Crippen LogP contribution in [0.1, 0.15) is 12.0 Å². The van der Waals surface area contributed by atoms with Gasteiger partial charge in [0, 0.05) is 5.57 Å². The molecule has 2 rings (SSSR count). The van der Waals surface area contributed by atoms with Gasteiger partial charge in [-0.3, -0.25) is 0 Å². The van der Waals surface area contributed by atoms with Crippen molar-refractivity contribution in [2.45, 2.75) is 13.0 Å². The van der Waals surface area contributed by atoms with Gasteiger partial charge in [-0.1, -0.05) is 6.07 Å². The lowest BCUT2D eigenvalue weighted by Gasteiger charge is -2.08. The maximum Gasteiger partial charge on any atom is 0.387 e. The van der Waals surface area contributed by atoms with Crippen LogP contribution in [0.25, 0.3) is 5.57 Å². The Labute approximate surface area is 116 Å². The summed E-state index contributed by atoms with van der Waals surface area (Å²) in [7, 11) is 0. The van der Waals surface area contributed by atoms with E-state index in [1.807, 2.05) is 0 Å². The molecule has 0 bridgehead atoms. The minimum absolute atomic E-state index is 0.00497. The van der Waals surface area contributed by atoms with Crippen LogP contribution in [-0.2, 0) is 0 Å². The number of ether oxygens (including phenoxy) is 1. The lowest BCUT2D eigenvalue weighted by molar-refractivity contribution is -0.0521. The maximum atomic E-state index is 13.8. The zero-order chi connectivity index (χ0) is 15.6. The predicted molar refractivity (Wildman–Crippen MR) is 65.6 cm³/mol. The summed E-state index contributed by atoms with van der Waals surface area (Å²) in [5, 5.41) is 9.19. The quantitative estimate of drug-likeness (QED) is 0.812. The largest absolute Gasteiger partial charge is 0.505 e. The van der Waals surface area contributed by atoms with Crippen LogP contribution < -0.4 is 4.74 Å². The smallest absolute Gasteiger partial charge is 0.387 e. The number of halogens is 5. The van der Waals surface area contributed by atoms with Gasteiger partial charge in [-0.2, -0.15) is 8.78 Å². The second-order valence-corrected chi connectivity index (χ2v) is 4.14.